The number of amides is 2. The van der Waals surface area contributed by atoms with E-state index in [1.807, 2.05) is 11.8 Å². The summed E-state index contributed by atoms with van der Waals surface area (Å²) in [5.41, 5.74) is 5.34. The third kappa shape index (κ3) is 2.77. The number of nitrogens with one attached hydrogen (secondary N) is 1. The third-order valence-corrected chi connectivity index (χ3v) is 3.68. The molecule has 2 rings (SSSR count). The van der Waals surface area contributed by atoms with E-state index in [1.54, 1.807) is 0 Å². The average Bonchev–Trinajstić information content (AvgIpc) is 3.08. The fraction of sp³-hybridized carbons (Fsp3) is 0.833. The molecule has 0 unspecified atom stereocenters. The van der Waals surface area contributed by atoms with Crippen LogP contribution in [0.25, 0.3) is 0 Å². The van der Waals surface area contributed by atoms with Crippen molar-refractivity contribution in [1.29, 1.82) is 0 Å². The van der Waals surface area contributed by atoms with Crippen molar-refractivity contribution in [3.05, 3.63) is 0 Å². The quantitative estimate of drug-likeness (QED) is 0.727. The van der Waals surface area contributed by atoms with Gasteiger partial charge in [0.25, 0.3) is 0 Å². The van der Waals surface area contributed by atoms with E-state index in [9.17, 15) is 9.59 Å². The van der Waals surface area contributed by atoms with E-state index in [-0.39, 0.29) is 17.9 Å². The second-order valence-corrected chi connectivity index (χ2v) is 5.14. The normalized spacial score (nSPS) is 23.3. The molecule has 1 aliphatic carbocycles. The summed E-state index contributed by atoms with van der Waals surface area (Å²) in [7, 11) is 0. The summed E-state index contributed by atoms with van der Waals surface area (Å²) in [5, 5.41) is 2.97. The second kappa shape index (κ2) is 4.64. The Morgan fingerprint density at radius 1 is 1.35 bits per heavy atom. The number of rotatable bonds is 3. The number of hydrogen-bond acceptors (Lipinski definition) is 3. The summed E-state index contributed by atoms with van der Waals surface area (Å²) < 4.78 is 0. The molecule has 5 nitrogen and oxygen atoms in total. The van der Waals surface area contributed by atoms with Gasteiger partial charge in [0.2, 0.25) is 11.8 Å². The molecule has 5 heteroatoms. The molecule has 1 aliphatic heterocycles. The van der Waals surface area contributed by atoms with Gasteiger partial charge >= 0.3 is 0 Å². The molecule has 1 saturated heterocycles. The Morgan fingerprint density at radius 3 is 2.41 bits per heavy atom. The second-order valence-electron chi connectivity index (χ2n) is 5.14. The third-order valence-electron chi connectivity index (χ3n) is 3.68. The number of hydrogen-bond donors (Lipinski definition) is 2. The minimum Gasteiger partial charge on any atom is -0.353 e. The first-order valence-corrected chi connectivity index (χ1v) is 6.43. The maximum Gasteiger partial charge on any atom is 0.242 e. The van der Waals surface area contributed by atoms with E-state index in [2.05, 4.69) is 5.32 Å². The molecule has 3 N–H and O–H groups in total. The Balaban J connectivity index is 1.78. The van der Waals surface area contributed by atoms with Gasteiger partial charge in [0.05, 0.1) is 5.54 Å². The molecule has 0 aromatic heterocycles. The number of likely N-dealkylation sites (tertiary alicyclic amines) is 1. The predicted octanol–water partition coefficient (Wildman–Crippen LogP) is -0.00510. The Hall–Kier alpha value is -1.10. The maximum absolute atomic E-state index is 12.0. The number of piperidine rings is 1. The molecule has 2 aliphatic rings. The summed E-state index contributed by atoms with van der Waals surface area (Å²) in [5.74, 6) is 0.185. The zero-order chi connectivity index (χ0) is 12.5. The molecule has 17 heavy (non-hydrogen) atoms. The van der Waals surface area contributed by atoms with Crippen molar-refractivity contribution in [2.24, 2.45) is 5.73 Å². The van der Waals surface area contributed by atoms with Crippen LogP contribution in [0.1, 0.15) is 39.0 Å². The van der Waals surface area contributed by atoms with Crippen molar-refractivity contribution in [2.45, 2.75) is 50.6 Å². The Bertz CT molecular complexity index is 318. The molecule has 1 heterocycles. The molecule has 2 fully saturated rings. The molecule has 1 saturated carbocycles. The van der Waals surface area contributed by atoms with Crippen LogP contribution in [-0.2, 0) is 9.59 Å². The molecule has 0 aromatic rings. The molecular weight excluding hydrogens is 218 g/mol. The summed E-state index contributed by atoms with van der Waals surface area (Å²) >= 11 is 0. The van der Waals surface area contributed by atoms with Crippen LogP contribution in [0.3, 0.4) is 0 Å². The van der Waals surface area contributed by atoms with Crippen LogP contribution in [0.15, 0.2) is 0 Å². The van der Waals surface area contributed by atoms with Gasteiger partial charge < -0.3 is 16.0 Å². The molecule has 0 radical (unpaired) electrons. The van der Waals surface area contributed by atoms with Crippen molar-refractivity contribution in [3.63, 3.8) is 0 Å². The topological polar surface area (TPSA) is 75.4 Å². The van der Waals surface area contributed by atoms with Gasteiger partial charge in [-0.1, -0.05) is 6.92 Å². The van der Waals surface area contributed by atoms with Crippen LogP contribution in [0.2, 0.25) is 0 Å². The predicted molar refractivity (Wildman–Crippen MR) is 64.2 cm³/mol. The molecule has 0 bridgehead atoms. The lowest BCUT2D eigenvalue weighted by molar-refractivity contribution is -0.134. The monoisotopic (exact) mass is 239 g/mol. The first kappa shape index (κ1) is 12.4. The van der Waals surface area contributed by atoms with Gasteiger partial charge in [-0.25, -0.2) is 0 Å². The highest BCUT2D eigenvalue weighted by Gasteiger charge is 2.48. The van der Waals surface area contributed by atoms with Gasteiger partial charge in [0.15, 0.2) is 0 Å². The lowest BCUT2D eigenvalue weighted by atomic mass is 10.0. The highest BCUT2D eigenvalue weighted by molar-refractivity contribution is 5.89. The Kier molecular flexibility index (Phi) is 3.38. The van der Waals surface area contributed by atoms with Gasteiger partial charge in [-0.3, -0.25) is 9.59 Å². The van der Waals surface area contributed by atoms with Gasteiger partial charge in [-0.15, -0.1) is 0 Å². The van der Waals surface area contributed by atoms with Crippen molar-refractivity contribution >= 4 is 11.8 Å². The first-order chi connectivity index (χ1) is 8.05. The van der Waals surface area contributed by atoms with Crippen LogP contribution >= 0.6 is 0 Å². The van der Waals surface area contributed by atoms with Crippen molar-refractivity contribution in [3.8, 4) is 0 Å². The fourth-order valence-corrected chi connectivity index (χ4v) is 2.22. The van der Waals surface area contributed by atoms with Gasteiger partial charge in [0.1, 0.15) is 0 Å². The zero-order valence-corrected chi connectivity index (χ0v) is 10.4. The van der Waals surface area contributed by atoms with Gasteiger partial charge in [-0.05, 0) is 25.7 Å². The van der Waals surface area contributed by atoms with Gasteiger partial charge in [-0.2, -0.15) is 0 Å². The highest BCUT2D eigenvalue weighted by Crippen LogP contribution is 2.34. The maximum atomic E-state index is 12.0. The molecule has 0 aromatic carbocycles. The smallest absolute Gasteiger partial charge is 0.242 e. The van der Waals surface area contributed by atoms with E-state index >= 15 is 0 Å². The Labute approximate surface area is 102 Å². The highest BCUT2D eigenvalue weighted by atomic mass is 16.2. The summed E-state index contributed by atoms with van der Waals surface area (Å²) in [6, 6.07) is 0.222. The lowest BCUT2D eigenvalue weighted by Gasteiger charge is -2.33. The first-order valence-electron chi connectivity index (χ1n) is 6.43. The van der Waals surface area contributed by atoms with E-state index < -0.39 is 5.54 Å². The molecular formula is C12H21N3O2. The van der Waals surface area contributed by atoms with E-state index in [0.29, 0.717) is 19.5 Å². The number of nitrogens with zero attached hydrogens (tertiary/aromatic N) is 1. The van der Waals surface area contributed by atoms with E-state index in [4.69, 9.17) is 5.73 Å². The number of carbonyl (C=O) groups is 2. The molecule has 0 atom stereocenters. The van der Waals surface area contributed by atoms with Crippen molar-refractivity contribution < 1.29 is 9.59 Å². The molecule has 2 amide bonds. The van der Waals surface area contributed by atoms with Crippen LogP contribution in [0.5, 0.6) is 0 Å². The van der Waals surface area contributed by atoms with Gasteiger partial charge in [0, 0.05) is 25.6 Å². The SMILES string of the molecule is CCC(=O)NC1CCN(C(=O)C2(N)CC2)CC1. The minimum atomic E-state index is -0.556. The fourth-order valence-electron chi connectivity index (χ4n) is 2.22. The number of nitrogens with two attached hydrogens (primary N) is 1. The molecule has 96 valence electrons. The summed E-state index contributed by atoms with van der Waals surface area (Å²) in [4.78, 5) is 25.1. The number of carbonyl (C=O) groups excluding carboxylic acids is 2. The van der Waals surface area contributed by atoms with E-state index in [0.717, 1.165) is 25.7 Å². The van der Waals surface area contributed by atoms with Crippen molar-refractivity contribution in [1.82, 2.24) is 10.2 Å². The summed E-state index contributed by atoms with van der Waals surface area (Å²) in [6.45, 7) is 3.28. The minimum absolute atomic E-state index is 0.0901. The standard InChI is InChI=1S/C12H21N3O2/c1-2-10(16)14-9-3-7-15(8-4-9)11(17)12(13)5-6-12/h9H,2-8,13H2,1H3,(H,14,16). The van der Waals surface area contributed by atoms with Crippen LogP contribution in [-0.4, -0.2) is 41.4 Å². The lowest BCUT2D eigenvalue weighted by Crippen LogP contribution is -2.51. The molecule has 0 spiro atoms. The van der Waals surface area contributed by atoms with Crippen LogP contribution in [0.4, 0.5) is 0 Å². The Morgan fingerprint density at radius 2 is 1.94 bits per heavy atom. The summed E-state index contributed by atoms with van der Waals surface area (Å²) in [6.07, 6.45) is 3.84. The van der Waals surface area contributed by atoms with Crippen LogP contribution < -0.4 is 11.1 Å². The van der Waals surface area contributed by atoms with Crippen LogP contribution in [0, 0.1) is 0 Å². The average molecular weight is 239 g/mol. The van der Waals surface area contributed by atoms with E-state index in [1.165, 1.54) is 0 Å². The van der Waals surface area contributed by atoms with Crippen molar-refractivity contribution in [2.75, 3.05) is 13.1 Å². The zero-order valence-electron chi connectivity index (χ0n) is 10.4. The largest absolute Gasteiger partial charge is 0.353 e.